The first-order valence-corrected chi connectivity index (χ1v) is 7.11. The largest absolute Gasteiger partial charge is 0.514 e. The van der Waals surface area contributed by atoms with E-state index < -0.39 is 11.8 Å². The van der Waals surface area contributed by atoms with E-state index in [0.717, 1.165) is 16.7 Å². The van der Waals surface area contributed by atoms with E-state index in [0.29, 0.717) is 5.75 Å². The minimum atomic E-state index is -0.721. The van der Waals surface area contributed by atoms with Gasteiger partial charge in [-0.3, -0.25) is 0 Å². The lowest BCUT2D eigenvalue weighted by Crippen LogP contribution is -2.26. The second-order valence-electron chi connectivity index (χ2n) is 5.91. The molecule has 0 aliphatic heterocycles. The molecule has 0 radical (unpaired) electrons. The lowest BCUT2D eigenvalue weighted by Gasteiger charge is -2.19. The van der Waals surface area contributed by atoms with Gasteiger partial charge in [0.25, 0.3) is 0 Å². The van der Waals surface area contributed by atoms with E-state index in [9.17, 15) is 4.79 Å². The van der Waals surface area contributed by atoms with Gasteiger partial charge in [-0.05, 0) is 38.0 Å². The van der Waals surface area contributed by atoms with Crippen molar-refractivity contribution in [3.8, 4) is 5.75 Å². The van der Waals surface area contributed by atoms with Crippen molar-refractivity contribution in [1.29, 1.82) is 0 Å². The van der Waals surface area contributed by atoms with Crippen LogP contribution in [-0.4, -0.2) is 11.8 Å². The zero-order valence-corrected chi connectivity index (χ0v) is 13.1. The highest BCUT2D eigenvalue weighted by Crippen LogP contribution is 2.30. The SMILES string of the molecule is C=C(c1ccccc1)c1ccccc1OC(=O)OC(C)(C)C. The molecule has 0 saturated carbocycles. The summed E-state index contributed by atoms with van der Waals surface area (Å²) in [7, 11) is 0. The van der Waals surface area contributed by atoms with E-state index in [1.54, 1.807) is 26.8 Å². The van der Waals surface area contributed by atoms with Crippen LogP contribution in [0.15, 0.2) is 61.2 Å². The lowest BCUT2D eigenvalue weighted by molar-refractivity contribution is 0.0206. The summed E-state index contributed by atoms with van der Waals surface area (Å²) < 4.78 is 10.5. The molecule has 0 spiro atoms. The summed E-state index contributed by atoms with van der Waals surface area (Å²) in [5.74, 6) is 0.436. The van der Waals surface area contributed by atoms with Crippen molar-refractivity contribution in [2.75, 3.05) is 0 Å². The Hall–Kier alpha value is -2.55. The molecular formula is C19H20O3. The molecule has 0 aromatic heterocycles. The first-order chi connectivity index (χ1) is 10.4. The zero-order chi connectivity index (χ0) is 16.2. The third kappa shape index (κ3) is 4.22. The van der Waals surface area contributed by atoms with E-state index >= 15 is 0 Å². The molecule has 3 heteroatoms. The van der Waals surface area contributed by atoms with Gasteiger partial charge in [0.2, 0.25) is 0 Å². The number of rotatable bonds is 3. The highest BCUT2D eigenvalue weighted by atomic mass is 16.7. The van der Waals surface area contributed by atoms with Crippen molar-refractivity contribution in [3.05, 3.63) is 72.3 Å². The van der Waals surface area contributed by atoms with E-state index in [2.05, 4.69) is 6.58 Å². The van der Waals surface area contributed by atoms with E-state index in [1.165, 1.54) is 0 Å². The molecule has 3 nitrogen and oxygen atoms in total. The Morgan fingerprint density at radius 3 is 2.18 bits per heavy atom. The molecule has 0 bridgehead atoms. The van der Waals surface area contributed by atoms with E-state index in [-0.39, 0.29) is 0 Å². The second-order valence-corrected chi connectivity index (χ2v) is 5.91. The van der Waals surface area contributed by atoms with Crippen LogP contribution in [0, 0.1) is 0 Å². The van der Waals surface area contributed by atoms with Crippen LogP contribution in [-0.2, 0) is 4.74 Å². The van der Waals surface area contributed by atoms with Gasteiger partial charge >= 0.3 is 6.16 Å². The molecule has 114 valence electrons. The van der Waals surface area contributed by atoms with Crippen LogP contribution in [0.2, 0.25) is 0 Å². The lowest BCUT2D eigenvalue weighted by atomic mass is 9.99. The van der Waals surface area contributed by atoms with E-state index in [4.69, 9.17) is 9.47 Å². The maximum absolute atomic E-state index is 11.9. The van der Waals surface area contributed by atoms with Crippen molar-refractivity contribution in [2.45, 2.75) is 26.4 Å². The first kappa shape index (κ1) is 15.8. The van der Waals surface area contributed by atoms with Crippen molar-refractivity contribution in [1.82, 2.24) is 0 Å². The average molecular weight is 296 g/mol. The fourth-order valence-electron chi connectivity index (χ4n) is 1.96. The Morgan fingerprint density at radius 1 is 0.955 bits per heavy atom. The van der Waals surface area contributed by atoms with Gasteiger partial charge in [-0.2, -0.15) is 0 Å². The number of carbonyl (C=O) groups excluding carboxylic acids is 1. The van der Waals surface area contributed by atoms with Crippen LogP contribution in [0.5, 0.6) is 5.75 Å². The summed E-state index contributed by atoms with van der Waals surface area (Å²) in [6.45, 7) is 9.49. The van der Waals surface area contributed by atoms with Gasteiger partial charge < -0.3 is 9.47 Å². The van der Waals surface area contributed by atoms with E-state index in [1.807, 2.05) is 48.5 Å². The average Bonchev–Trinajstić information content (AvgIpc) is 2.46. The number of hydrogen-bond acceptors (Lipinski definition) is 3. The normalized spacial score (nSPS) is 10.9. The smallest absolute Gasteiger partial charge is 0.428 e. The topological polar surface area (TPSA) is 35.5 Å². The predicted octanol–water partition coefficient (Wildman–Crippen LogP) is 5.06. The summed E-state index contributed by atoms with van der Waals surface area (Å²) in [5.41, 5.74) is 1.93. The molecule has 0 unspecified atom stereocenters. The zero-order valence-electron chi connectivity index (χ0n) is 13.1. The van der Waals surface area contributed by atoms with Gasteiger partial charge in [0.15, 0.2) is 0 Å². The summed E-state index contributed by atoms with van der Waals surface area (Å²) >= 11 is 0. The highest BCUT2D eigenvalue weighted by Gasteiger charge is 2.19. The standard InChI is InChI=1S/C19H20O3/c1-14(15-10-6-5-7-11-15)16-12-8-9-13-17(16)21-18(20)22-19(2,3)4/h5-13H,1H2,2-4H3. The molecule has 2 rings (SSSR count). The van der Waals surface area contributed by atoms with Gasteiger partial charge in [-0.25, -0.2) is 4.79 Å². The molecule has 0 saturated heterocycles. The molecule has 0 heterocycles. The molecule has 0 atom stereocenters. The molecular weight excluding hydrogens is 276 g/mol. The predicted molar refractivity (Wildman–Crippen MR) is 87.9 cm³/mol. The number of carbonyl (C=O) groups is 1. The molecule has 2 aromatic carbocycles. The van der Waals surface area contributed by atoms with Crippen molar-refractivity contribution >= 4 is 11.7 Å². The van der Waals surface area contributed by atoms with Crippen molar-refractivity contribution in [3.63, 3.8) is 0 Å². The van der Waals surface area contributed by atoms with Gasteiger partial charge in [0.05, 0.1) is 0 Å². The fraction of sp³-hybridized carbons (Fsp3) is 0.211. The highest BCUT2D eigenvalue weighted by molar-refractivity contribution is 5.82. The Morgan fingerprint density at radius 2 is 1.55 bits per heavy atom. The Balaban J connectivity index is 2.24. The fourth-order valence-corrected chi connectivity index (χ4v) is 1.96. The minimum absolute atomic E-state index is 0.436. The van der Waals surface area contributed by atoms with Crippen LogP contribution in [0.25, 0.3) is 5.57 Å². The monoisotopic (exact) mass is 296 g/mol. The summed E-state index contributed by atoms with van der Waals surface area (Å²) in [6.07, 6.45) is -0.721. The van der Waals surface area contributed by atoms with Gasteiger partial charge in [-0.15, -0.1) is 0 Å². The van der Waals surface area contributed by atoms with Gasteiger partial charge in [0, 0.05) is 5.56 Å². The molecule has 2 aromatic rings. The molecule has 0 fully saturated rings. The van der Waals surface area contributed by atoms with Gasteiger partial charge in [-0.1, -0.05) is 55.1 Å². The molecule has 22 heavy (non-hydrogen) atoms. The molecule has 0 N–H and O–H groups in total. The third-order valence-corrected chi connectivity index (χ3v) is 2.92. The Kier molecular flexibility index (Phi) is 4.66. The quantitative estimate of drug-likeness (QED) is 0.586. The first-order valence-electron chi connectivity index (χ1n) is 7.11. The number of hydrogen-bond donors (Lipinski definition) is 0. The van der Waals surface area contributed by atoms with Crippen LogP contribution in [0.1, 0.15) is 31.9 Å². The maximum atomic E-state index is 11.9. The van der Waals surface area contributed by atoms with Gasteiger partial charge in [0.1, 0.15) is 11.4 Å². The number of para-hydroxylation sites is 1. The van der Waals surface area contributed by atoms with Crippen LogP contribution < -0.4 is 4.74 Å². The minimum Gasteiger partial charge on any atom is -0.428 e. The molecule has 0 aliphatic carbocycles. The number of ether oxygens (including phenoxy) is 2. The van der Waals surface area contributed by atoms with Crippen LogP contribution in [0.4, 0.5) is 4.79 Å². The molecule has 0 amide bonds. The molecule has 0 aliphatic rings. The van der Waals surface area contributed by atoms with Crippen LogP contribution in [0.3, 0.4) is 0 Å². The van der Waals surface area contributed by atoms with Crippen molar-refractivity contribution < 1.29 is 14.3 Å². The van der Waals surface area contributed by atoms with Crippen LogP contribution >= 0.6 is 0 Å². The van der Waals surface area contributed by atoms with Crippen molar-refractivity contribution in [2.24, 2.45) is 0 Å². The number of benzene rings is 2. The Labute approximate surface area is 131 Å². The summed E-state index contributed by atoms with van der Waals surface area (Å²) in [4.78, 5) is 11.9. The Bertz CT molecular complexity index is 667. The summed E-state index contributed by atoms with van der Waals surface area (Å²) in [5, 5.41) is 0. The maximum Gasteiger partial charge on any atom is 0.514 e. The summed E-state index contributed by atoms with van der Waals surface area (Å²) in [6, 6.07) is 17.0. The third-order valence-electron chi connectivity index (χ3n) is 2.92. The second kappa shape index (κ2) is 6.48.